The smallest absolute Gasteiger partial charge is 0.269 e. The Balaban J connectivity index is 2.23. The minimum atomic E-state index is -0.467. The number of carbonyl (C=O) groups excluding carboxylic acids is 1. The van der Waals surface area contributed by atoms with Crippen LogP contribution in [0.2, 0.25) is 0 Å². The predicted octanol–water partition coefficient (Wildman–Crippen LogP) is 1.91. The van der Waals surface area contributed by atoms with Crippen molar-refractivity contribution in [1.82, 2.24) is 4.90 Å². The minimum absolute atomic E-state index is 0.0285. The molecule has 0 bridgehead atoms. The van der Waals surface area contributed by atoms with Crippen LogP contribution in [0.1, 0.15) is 24.8 Å². The van der Waals surface area contributed by atoms with Gasteiger partial charge in [0.2, 0.25) is 0 Å². The summed E-state index contributed by atoms with van der Waals surface area (Å²) in [5.41, 5.74) is 6.67. The molecule has 2 rings (SSSR count). The van der Waals surface area contributed by atoms with Crippen LogP contribution in [0.15, 0.2) is 30.0 Å². The van der Waals surface area contributed by atoms with Crippen molar-refractivity contribution < 1.29 is 9.72 Å². The molecule has 1 aromatic rings. The highest BCUT2D eigenvalue weighted by Gasteiger charge is 2.17. The number of benzene rings is 1. The number of hydrogen-bond acceptors (Lipinski definition) is 4. The van der Waals surface area contributed by atoms with Gasteiger partial charge in [-0.3, -0.25) is 14.9 Å². The maximum Gasteiger partial charge on any atom is 0.269 e. The molecule has 106 valence electrons. The first kappa shape index (κ1) is 14.0. The van der Waals surface area contributed by atoms with Crippen LogP contribution in [0.5, 0.6) is 0 Å². The van der Waals surface area contributed by atoms with E-state index in [-0.39, 0.29) is 5.69 Å². The van der Waals surface area contributed by atoms with Crippen LogP contribution < -0.4 is 5.73 Å². The number of likely N-dealkylation sites (tertiary alicyclic amines) is 1. The van der Waals surface area contributed by atoms with E-state index in [0.29, 0.717) is 5.70 Å². The van der Waals surface area contributed by atoms with Crippen molar-refractivity contribution in [3.8, 4) is 0 Å². The van der Waals surface area contributed by atoms with Gasteiger partial charge in [-0.1, -0.05) is 0 Å². The van der Waals surface area contributed by atoms with Crippen molar-refractivity contribution in [2.45, 2.75) is 19.3 Å². The van der Waals surface area contributed by atoms with Gasteiger partial charge in [0, 0.05) is 25.2 Å². The number of nitro groups is 1. The second-order valence-corrected chi connectivity index (χ2v) is 4.79. The van der Waals surface area contributed by atoms with Gasteiger partial charge >= 0.3 is 0 Å². The molecule has 0 aromatic heterocycles. The van der Waals surface area contributed by atoms with E-state index in [1.807, 2.05) is 4.90 Å². The molecule has 0 unspecified atom stereocenters. The Morgan fingerprint density at radius 2 is 1.80 bits per heavy atom. The Bertz CT molecular complexity index is 531. The van der Waals surface area contributed by atoms with Crippen LogP contribution in [0, 0.1) is 10.1 Å². The highest BCUT2D eigenvalue weighted by molar-refractivity contribution is 5.96. The lowest BCUT2D eigenvalue weighted by Gasteiger charge is -2.29. The van der Waals surface area contributed by atoms with E-state index in [0.717, 1.165) is 31.5 Å². The fraction of sp³-hybridized carbons (Fsp3) is 0.357. The van der Waals surface area contributed by atoms with Gasteiger partial charge in [-0.2, -0.15) is 0 Å². The first-order valence-electron chi connectivity index (χ1n) is 6.59. The molecule has 1 aromatic carbocycles. The monoisotopic (exact) mass is 275 g/mol. The van der Waals surface area contributed by atoms with Crippen molar-refractivity contribution >= 4 is 17.7 Å². The average molecular weight is 275 g/mol. The molecule has 1 aliphatic rings. The van der Waals surface area contributed by atoms with Crippen molar-refractivity contribution in [3.05, 3.63) is 45.6 Å². The van der Waals surface area contributed by atoms with E-state index < -0.39 is 10.8 Å². The normalized spacial score (nSPS) is 16.0. The zero-order valence-electron chi connectivity index (χ0n) is 11.1. The molecule has 1 saturated heterocycles. The number of primary amides is 1. The highest BCUT2D eigenvalue weighted by Crippen LogP contribution is 2.19. The largest absolute Gasteiger partial charge is 0.367 e. The SMILES string of the molecule is NC(=O)C(=Cc1ccc([N+](=O)[O-])cc1)N1CCCCC1. The summed E-state index contributed by atoms with van der Waals surface area (Å²) in [6.07, 6.45) is 4.95. The van der Waals surface area contributed by atoms with Crippen molar-refractivity contribution in [2.75, 3.05) is 13.1 Å². The van der Waals surface area contributed by atoms with Gasteiger partial charge in [0.25, 0.3) is 11.6 Å². The molecule has 0 radical (unpaired) electrons. The van der Waals surface area contributed by atoms with Gasteiger partial charge in [0.05, 0.1) is 4.92 Å². The summed E-state index contributed by atoms with van der Waals surface area (Å²) in [5.74, 6) is -0.467. The van der Waals surface area contributed by atoms with Crippen LogP contribution in [-0.4, -0.2) is 28.8 Å². The van der Waals surface area contributed by atoms with E-state index in [4.69, 9.17) is 5.73 Å². The Hall–Kier alpha value is -2.37. The highest BCUT2D eigenvalue weighted by atomic mass is 16.6. The lowest BCUT2D eigenvalue weighted by Crippen LogP contribution is -2.35. The first-order chi connectivity index (χ1) is 9.58. The molecule has 1 heterocycles. The van der Waals surface area contributed by atoms with E-state index >= 15 is 0 Å². The van der Waals surface area contributed by atoms with E-state index in [2.05, 4.69) is 0 Å². The topological polar surface area (TPSA) is 89.5 Å². The number of carbonyl (C=O) groups is 1. The lowest BCUT2D eigenvalue weighted by molar-refractivity contribution is -0.384. The van der Waals surface area contributed by atoms with Crippen molar-refractivity contribution in [1.29, 1.82) is 0 Å². The average Bonchev–Trinajstić information content (AvgIpc) is 2.46. The van der Waals surface area contributed by atoms with Gasteiger partial charge in [-0.15, -0.1) is 0 Å². The second-order valence-electron chi connectivity index (χ2n) is 4.79. The second kappa shape index (κ2) is 6.18. The third-order valence-electron chi connectivity index (χ3n) is 3.36. The summed E-state index contributed by atoms with van der Waals surface area (Å²) in [5, 5.41) is 10.6. The summed E-state index contributed by atoms with van der Waals surface area (Å²) in [4.78, 5) is 23.7. The number of amides is 1. The molecule has 0 atom stereocenters. The summed E-state index contributed by atoms with van der Waals surface area (Å²) < 4.78 is 0. The van der Waals surface area contributed by atoms with E-state index in [1.165, 1.54) is 18.6 Å². The minimum Gasteiger partial charge on any atom is -0.367 e. The van der Waals surface area contributed by atoms with E-state index in [1.54, 1.807) is 18.2 Å². The molecule has 1 amide bonds. The van der Waals surface area contributed by atoms with Gasteiger partial charge in [-0.05, 0) is 43.0 Å². The van der Waals surface area contributed by atoms with Crippen LogP contribution in [0.25, 0.3) is 6.08 Å². The fourth-order valence-electron chi connectivity index (χ4n) is 2.30. The summed E-state index contributed by atoms with van der Waals surface area (Å²) in [6, 6.07) is 6.07. The number of nitro benzene ring substituents is 1. The molecule has 0 saturated carbocycles. The first-order valence-corrected chi connectivity index (χ1v) is 6.59. The van der Waals surface area contributed by atoms with Gasteiger partial charge in [-0.25, -0.2) is 0 Å². The zero-order valence-corrected chi connectivity index (χ0v) is 11.1. The standard InChI is InChI=1S/C14H17N3O3/c15-14(18)13(16-8-2-1-3-9-16)10-11-4-6-12(7-5-11)17(19)20/h4-7,10H,1-3,8-9H2,(H2,15,18). The summed E-state index contributed by atoms with van der Waals surface area (Å²) in [7, 11) is 0. The van der Waals surface area contributed by atoms with Crippen LogP contribution >= 0.6 is 0 Å². The Morgan fingerprint density at radius 1 is 1.20 bits per heavy atom. The molecule has 1 aliphatic heterocycles. The molecule has 6 nitrogen and oxygen atoms in total. The fourth-order valence-corrected chi connectivity index (χ4v) is 2.30. The van der Waals surface area contributed by atoms with Crippen molar-refractivity contribution in [2.24, 2.45) is 5.73 Å². The molecule has 0 spiro atoms. The van der Waals surface area contributed by atoms with Gasteiger partial charge in [0.1, 0.15) is 5.70 Å². The number of non-ortho nitro benzene ring substituents is 1. The lowest BCUT2D eigenvalue weighted by atomic mass is 10.1. The zero-order chi connectivity index (χ0) is 14.5. The molecule has 6 heteroatoms. The van der Waals surface area contributed by atoms with Crippen LogP contribution in [-0.2, 0) is 4.79 Å². The number of nitrogens with two attached hydrogens (primary N) is 1. The Labute approximate surface area is 117 Å². The van der Waals surface area contributed by atoms with Gasteiger partial charge < -0.3 is 10.6 Å². The quantitative estimate of drug-likeness (QED) is 0.516. The number of piperidine rings is 1. The predicted molar refractivity (Wildman–Crippen MR) is 75.7 cm³/mol. The van der Waals surface area contributed by atoms with Crippen LogP contribution in [0.4, 0.5) is 5.69 Å². The molecular formula is C14H17N3O3. The maximum absolute atomic E-state index is 11.6. The number of rotatable bonds is 4. The third-order valence-corrected chi connectivity index (χ3v) is 3.36. The molecule has 2 N–H and O–H groups in total. The molecule has 0 aliphatic carbocycles. The van der Waals surface area contributed by atoms with Crippen molar-refractivity contribution in [3.63, 3.8) is 0 Å². The number of hydrogen-bond donors (Lipinski definition) is 1. The summed E-state index contributed by atoms with van der Waals surface area (Å²) in [6.45, 7) is 1.64. The van der Waals surface area contributed by atoms with Crippen LogP contribution in [0.3, 0.4) is 0 Å². The Kier molecular flexibility index (Phi) is 4.34. The Morgan fingerprint density at radius 3 is 2.30 bits per heavy atom. The molecular weight excluding hydrogens is 258 g/mol. The maximum atomic E-state index is 11.6. The third kappa shape index (κ3) is 3.34. The number of nitrogens with zero attached hydrogens (tertiary/aromatic N) is 2. The molecule has 20 heavy (non-hydrogen) atoms. The van der Waals surface area contributed by atoms with E-state index in [9.17, 15) is 14.9 Å². The summed E-state index contributed by atoms with van der Waals surface area (Å²) >= 11 is 0. The molecule has 1 fully saturated rings. The van der Waals surface area contributed by atoms with Gasteiger partial charge in [0.15, 0.2) is 0 Å².